The minimum atomic E-state index is -0.0755. The second kappa shape index (κ2) is 8.53. The third-order valence-electron chi connectivity index (χ3n) is 5.88. The van der Waals surface area contributed by atoms with Gasteiger partial charge in [-0.15, -0.1) is 5.10 Å². The molecule has 1 amide bonds. The van der Waals surface area contributed by atoms with Crippen LogP contribution in [-0.4, -0.2) is 81.6 Å². The quantitative estimate of drug-likeness (QED) is 0.633. The molecule has 2 aliphatic heterocycles. The number of oxazole rings is 1. The maximum absolute atomic E-state index is 13.0. The maximum Gasteiger partial charge on any atom is 0.276 e. The Morgan fingerprint density at radius 1 is 1.13 bits per heavy atom. The van der Waals surface area contributed by atoms with E-state index in [9.17, 15) is 4.79 Å². The van der Waals surface area contributed by atoms with Crippen LogP contribution in [0.25, 0.3) is 11.1 Å². The molecular weight excluding hydrogens is 384 g/mol. The summed E-state index contributed by atoms with van der Waals surface area (Å²) < 4.78 is 13.1. The first-order valence-electron chi connectivity index (χ1n) is 10.6. The molecule has 1 aromatic carbocycles. The molecule has 0 spiro atoms. The largest absolute Gasteiger partial charge is 0.440 e. The molecule has 1 unspecified atom stereocenters. The lowest BCUT2D eigenvalue weighted by molar-refractivity contribution is 0.0359. The molecule has 158 valence electrons. The Balaban J connectivity index is 1.22. The summed E-state index contributed by atoms with van der Waals surface area (Å²) in [6.07, 6.45) is 3.63. The van der Waals surface area contributed by atoms with Crippen LogP contribution in [0.4, 0.5) is 0 Å². The molecule has 2 aromatic heterocycles. The van der Waals surface area contributed by atoms with Crippen molar-refractivity contribution in [1.82, 2.24) is 29.8 Å². The van der Waals surface area contributed by atoms with Gasteiger partial charge in [0, 0.05) is 32.7 Å². The van der Waals surface area contributed by atoms with E-state index in [1.54, 1.807) is 10.9 Å². The van der Waals surface area contributed by atoms with E-state index in [-0.39, 0.29) is 11.8 Å². The summed E-state index contributed by atoms with van der Waals surface area (Å²) in [5, 5.41) is 8.28. The molecule has 0 bridgehead atoms. The normalized spacial score (nSPS) is 20.7. The highest BCUT2D eigenvalue weighted by Crippen LogP contribution is 2.29. The van der Waals surface area contributed by atoms with Gasteiger partial charge in [-0.1, -0.05) is 17.3 Å². The number of benzene rings is 1. The summed E-state index contributed by atoms with van der Waals surface area (Å²) in [7, 11) is 0. The molecule has 5 rings (SSSR count). The second-order valence-electron chi connectivity index (χ2n) is 7.93. The van der Waals surface area contributed by atoms with Crippen molar-refractivity contribution in [2.75, 3.05) is 45.9 Å². The lowest BCUT2D eigenvalue weighted by Crippen LogP contribution is -2.39. The average Bonchev–Trinajstić information content (AvgIpc) is 3.45. The van der Waals surface area contributed by atoms with E-state index in [0.29, 0.717) is 24.7 Å². The molecule has 0 aliphatic carbocycles. The zero-order valence-corrected chi connectivity index (χ0v) is 16.9. The third kappa shape index (κ3) is 4.08. The van der Waals surface area contributed by atoms with Crippen LogP contribution >= 0.6 is 0 Å². The molecular formula is C21H26N6O3. The SMILES string of the molecule is O=C(c1cn(CCN2CCOCC2)nn1)N1CCCC(c2nc3ccccc3o2)C1. The molecule has 0 radical (unpaired) electrons. The zero-order valence-electron chi connectivity index (χ0n) is 16.9. The number of nitrogens with zero attached hydrogens (tertiary/aromatic N) is 6. The van der Waals surface area contributed by atoms with Gasteiger partial charge in [-0.25, -0.2) is 4.98 Å². The van der Waals surface area contributed by atoms with Crippen LogP contribution in [0.1, 0.15) is 35.1 Å². The predicted molar refractivity (Wildman–Crippen MR) is 109 cm³/mol. The van der Waals surface area contributed by atoms with E-state index in [4.69, 9.17) is 9.15 Å². The maximum atomic E-state index is 13.0. The number of likely N-dealkylation sites (tertiary alicyclic amines) is 1. The number of carbonyl (C=O) groups excluding carboxylic acids is 1. The molecule has 2 aliphatic rings. The molecule has 9 heteroatoms. The minimum Gasteiger partial charge on any atom is -0.440 e. The van der Waals surface area contributed by atoms with Crippen molar-refractivity contribution in [1.29, 1.82) is 0 Å². The summed E-state index contributed by atoms with van der Waals surface area (Å²) in [5.41, 5.74) is 2.05. The first-order valence-corrected chi connectivity index (χ1v) is 10.6. The van der Waals surface area contributed by atoms with Crippen molar-refractivity contribution in [3.63, 3.8) is 0 Å². The number of para-hydroxylation sites is 2. The molecule has 9 nitrogen and oxygen atoms in total. The number of carbonyl (C=O) groups is 1. The topological polar surface area (TPSA) is 89.5 Å². The smallest absolute Gasteiger partial charge is 0.276 e. The summed E-state index contributed by atoms with van der Waals surface area (Å²) in [6, 6.07) is 7.76. The van der Waals surface area contributed by atoms with E-state index in [2.05, 4.69) is 20.2 Å². The number of ether oxygens (including phenoxy) is 1. The number of amides is 1. The number of piperidine rings is 1. The van der Waals surface area contributed by atoms with Crippen molar-refractivity contribution in [2.24, 2.45) is 0 Å². The monoisotopic (exact) mass is 410 g/mol. The highest BCUT2D eigenvalue weighted by Gasteiger charge is 2.29. The van der Waals surface area contributed by atoms with Crippen molar-refractivity contribution < 1.29 is 13.9 Å². The average molecular weight is 410 g/mol. The number of rotatable bonds is 5. The lowest BCUT2D eigenvalue weighted by Gasteiger charge is -2.30. The molecule has 1 atom stereocenters. The number of hydrogen-bond acceptors (Lipinski definition) is 7. The van der Waals surface area contributed by atoms with Crippen LogP contribution in [-0.2, 0) is 11.3 Å². The fraction of sp³-hybridized carbons (Fsp3) is 0.524. The molecule has 2 saturated heterocycles. The zero-order chi connectivity index (χ0) is 20.3. The van der Waals surface area contributed by atoms with Gasteiger partial charge in [0.2, 0.25) is 0 Å². The first-order chi connectivity index (χ1) is 14.8. The van der Waals surface area contributed by atoms with Gasteiger partial charge in [0.1, 0.15) is 5.52 Å². The van der Waals surface area contributed by atoms with Gasteiger partial charge >= 0.3 is 0 Å². The van der Waals surface area contributed by atoms with E-state index < -0.39 is 0 Å². The standard InChI is InChI=1S/C21H26N6O3/c28-21(18-15-27(24-23-18)9-8-25-10-12-29-13-11-25)26-7-3-4-16(14-26)20-22-17-5-1-2-6-19(17)30-20/h1-2,5-6,15-16H,3-4,7-14H2. The van der Waals surface area contributed by atoms with Crippen LogP contribution in [0.5, 0.6) is 0 Å². The molecule has 3 aromatic rings. The Morgan fingerprint density at radius 3 is 2.87 bits per heavy atom. The molecule has 30 heavy (non-hydrogen) atoms. The van der Waals surface area contributed by atoms with Crippen LogP contribution < -0.4 is 0 Å². The Kier molecular flexibility index (Phi) is 5.46. The first kappa shape index (κ1) is 19.2. The highest BCUT2D eigenvalue weighted by atomic mass is 16.5. The summed E-state index contributed by atoms with van der Waals surface area (Å²) in [4.78, 5) is 21.8. The van der Waals surface area contributed by atoms with Crippen LogP contribution in [0.15, 0.2) is 34.9 Å². The molecule has 0 N–H and O–H groups in total. The van der Waals surface area contributed by atoms with Gasteiger partial charge < -0.3 is 14.1 Å². The van der Waals surface area contributed by atoms with E-state index in [1.807, 2.05) is 29.2 Å². The summed E-state index contributed by atoms with van der Waals surface area (Å²) in [6.45, 7) is 6.32. The van der Waals surface area contributed by atoms with Gasteiger partial charge in [-0.05, 0) is 25.0 Å². The number of morpholine rings is 1. The van der Waals surface area contributed by atoms with Gasteiger partial charge in [-0.2, -0.15) is 0 Å². The van der Waals surface area contributed by atoms with Crippen molar-refractivity contribution >= 4 is 17.0 Å². The van der Waals surface area contributed by atoms with Crippen molar-refractivity contribution in [3.05, 3.63) is 42.0 Å². The van der Waals surface area contributed by atoms with E-state index in [1.165, 1.54) is 0 Å². The van der Waals surface area contributed by atoms with Gasteiger partial charge in [0.05, 0.1) is 31.9 Å². The van der Waals surface area contributed by atoms with Gasteiger partial charge in [0.15, 0.2) is 17.2 Å². The Hall–Kier alpha value is -2.78. The van der Waals surface area contributed by atoms with Gasteiger partial charge in [-0.3, -0.25) is 14.4 Å². The number of aromatic nitrogens is 4. The van der Waals surface area contributed by atoms with Crippen molar-refractivity contribution in [3.8, 4) is 0 Å². The fourth-order valence-electron chi connectivity index (χ4n) is 4.16. The predicted octanol–water partition coefficient (Wildman–Crippen LogP) is 1.77. The Bertz CT molecular complexity index is 976. The fourth-order valence-corrected chi connectivity index (χ4v) is 4.16. The summed E-state index contributed by atoms with van der Waals surface area (Å²) >= 11 is 0. The Labute approximate surface area is 174 Å². The van der Waals surface area contributed by atoms with E-state index in [0.717, 1.165) is 63.3 Å². The van der Waals surface area contributed by atoms with Gasteiger partial charge in [0.25, 0.3) is 5.91 Å². The molecule has 0 saturated carbocycles. The van der Waals surface area contributed by atoms with Crippen molar-refractivity contribution in [2.45, 2.75) is 25.3 Å². The molecule has 4 heterocycles. The number of fused-ring (bicyclic) bond motifs is 1. The Morgan fingerprint density at radius 2 is 2.00 bits per heavy atom. The second-order valence-corrected chi connectivity index (χ2v) is 7.93. The minimum absolute atomic E-state index is 0.0755. The summed E-state index contributed by atoms with van der Waals surface area (Å²) in [5.74, 6) is 0.739. The molecule has 2 fully saturated rings. The van der Waals surface area contributed by atoms with E-state index >= 15 is 0 Å². The highest BCUT2D eigenvalue weighted by molar-refractivity contribution is 5.92. The number of hydrogen-bond donors (Lipinski definition) is 0. The third-order valence-corrected chi connectivity index (χ3v) is 5.88. The van der Waals surface area contributed by atoms with Crippen LogP contribution in [0.3, 0.4) is 0 Å². The lowest BCUT2D eigenvalue weighted by atomic mass is 9.98. The van der Waals surface area contributed by atoms with Crippen LogP contribution in [0, 0.1) is 0 Å². The van der Waals surface area contributed by atoms with Crippen LogP contribution in [0.2, 0.25) is 0 Å².